The number of aliphatic hydroxyl groups excluding tert-OH is 9. The fourth-order valence-electron chi connectivity index (χ4n) is 15.2. The fourth-order valence-corrected chi connectivity index (χ4v) is 15.2. The molecule has 24 atom stereocenters. The van der Waals surface area contributed by atoms with E-state index >= 15 is 0 Å². The quantitative estimate of drug-likeness (QED) is 0.0606. The number of carbonyl (C=O) groups is 3. The average molecular weight is 999 g/mol. The normalized spacial score (nSPS) is 52.2. The molecule has 13 unspecified atom stereocenters. The molecule has 21 heteroatoms. The maximum Gasteiger partial charge on any atom is 0.335 e. The van der Waals surface area contributed by atoms with Crippen LogP contribution in [0.25, 0.3) is 0 Å². The van der Waals surface area contributed by atoms with E-state index in [4.69, 9.17) is 34.2 Å². The van der Waals surface area contributed by atoms with E-state index in [-0.39, 0.29) is 47.5 Å². The zero-order chi connectivity index (χ0) is 51.3. The number of aliphatic hydroxyl groups is 9. The Morgan fingerprint density at radius 3 is 2.13 bits per heavy atom. The third-order valence-corrected chi connectivity index (χ3v) is 19.4. The van der Waals surface area contributed by atoms with Gasteiger partial charge in [0, 0.05) is 13.1 Å². The Balaban J connectivity index is 1.12. The number of ether oxygens (including phenoxy) is 6. The van der Waals surface area contributed by atoms with Crippen molar-refractivity contribution in [2.45, 2.75) is 198 Å². The summed E-state index contributed by atoms with van der Waals surface area (Å²) in [5.74, 6) is -2.34. The number of carboxylic acids is 1. The minimum absolute atomic E-state index is 0.00315. The number of nitrogens with one attached hydrogen (secondary N) is 1. The first-order valence-corrected chi connectivity index (χ1v) is 25.1. The van der Waals surface area contributed by atoms with Crippen LogP contribution in [0.4, 0.5) is 0 Å². The van der Waals surface area contributed by atoms with E-state index in [2.05, 4.69) is 46.0 Å². The lowest BCUT2D eigenvalue weighted by Gasteiger charge is -2.71. The highest BCUT2D eigenvalue weighted by Crippen LogP contribution is 2.76. The molecule has 398 valence electrons. The van der Waals surface area contributed by atoms with Crippen LogP contribution in [0.15, 0.2) is 11.6 Å². The number of carbonyl (C=O) groups excluding carboxylic acids is 2. The Bertz CT molecular complexity index is 1980. The fraction of sp³-hybridized carbons (Fsp3) is 0.898. The van der Waals surface area contributed by atoms with E-state index in [0.717, 1.165) is 19.1 Å². The van der Waals surface area contributed by atoms with Crippen molar-refractivity contribution in [3.05, 3.63) is 11.6 Å². The van der Waals surface area contributed by atoms with Gasteiger partial charge in [0.05, 0.1) is 36.3 Å². The van der Waals surface area contributed by atoms with Crippen molar-refractivity contribution in [1.29, 1.82) is 0 Å². The molecule has 3 aliphatic heterocycles. The number of hydrogen-bond donors (Lipinski definition) is 12. The molecule has 3 saturated heterocycles. The minimum atomic E-state index is -2.13. The summed E-state index contributed by atoms with van der Waals surface area (Å²) in [7, 11) is 0. The van der Waals surface area contributed by atoms with Gasteiger partial charge in [0.1, 0.15) is 67.3 Å². The van der Waals surface area contributed by atoms with Crippen molar-refractivity contribution in [3.8, 4) is 0 Å². The van der Waals surface area contributed by atoms with Crippen LogP contribution in [-0.2, 0) is 42.8 Å². The number of aliphatic carboxylic acids is 1. The maximum absolute atomic E-state index is 14.2. The van der Waals surface area contributed by atoms with Crippen LogP contribution < -0.4 is 11.1 Å². The van der Waals surface area contributed by atoms with Gasteiger partial charge < -0.3 is 95.3 Å². The summed E-state index contributed by atoms with van der Waals surface area (Å²) in [5, 5.41) is 111. The molecule has 0 aromatic carbocycles. The monoisotopic (exact) mass is 999 g/mol. The Kier molecular flexibility index (Phi) is 15.0. The van der Waals surface area contributed by atoms with Gasteiger partial charge in [-0.3, -0.25) is 4.79 Å². The highest BCUT2D eigenvalue weighted by atomic mass is 16.8. The van der Waals surface area contributed by atoms with Crippen LogP contribution in [0.3, 0.4) is 0 Å². The molecule has 0 bridgehead atoms. The van der Waals surface area contributed by atoms with Gasteiger partial charge in [0.25, 0.3) is 0 Å². The summed E-state index contributed by atoms with van der Waals surface area (Å²) in [6, 6.07) is 0. The Morgan fingerprint density at radius 2 is 1.47 bits per heavy atom. The topological polar surface area (TPSA) is 347 Å². The second-order valence-electron chi connectivity index (χ2n) is 23.6. The lowest BCUT2D eigenvalue weighted by atomic mass is 9.33. The van der Waals surface area contributed by atoms with Crippen LogP contribution in [0, 0.1) is 50.2 Å². The minimum Gasteiger partial charge on any atom is -0.479 e. The van der Waals surface area contributed by atoms with Crippen LogP contribution in [0.2, 0.25) is 0 Å². The molecule has 0 aromatic rings. The van der Waals surface area contributed by atoms with Crippen LogP contribution in [0.1, 0.15) is 99.3 Å². The number of carboxylic acid groups (broad SMARTS) is 1. The summed E-state index contributed by atoms with van der Waals surface area (Å²) >= 11 is 0. The molecule has 1 amide bonds. The van der Waals surface area contributed by atoms with Gasteiger partial charge in [-0.05, 0) is 97.2 Å². The van der Waals surface area contributed by atoms with Crippen LogP contribution >= 0.6 is 0 Å². The Morgan fingerprint density at radius 1 is 0.786 bits per heavy atom. The van der Waals surface area contributed by atoms with E-state index in [1.54, 1.807) is 6.92 Å². The predicted octanol–water partition coefficient (Wildman–Crippen LogP) is -1.42. The van der Waals surface area contributed by atoms with Crippen molar-refractivity contribution < 1.29 is 93.9 Å². The average Bonchev–Trinajstić information content (AvgIpc) is 3.30. The lowest BCUT2D eigenvalue weighted by Crippen LogP contribution is -2.69. The van der Waals surface area contributed by atoms with Gasteiger partial charge in [-0.15, -0.1) is 0 Å². The van der Waals surface area contributed by atoms with Gasteiger partial charge in [-0.2, -0.15) is 0 Å². The molecule has 7 fully saturated rings. The third-order valence-electron chi connectivity index (χ3n) is 19.4. The summed E-state index contributed by atoms with van der Waals surface area (Å²) in [6.07, 6.45) is -19.6. The van der Waals surface area contributed by atoms with Crippen molar-refractivity contribution in [1.82, 2.24) is 5.32 Å². The summed E-state index contributed by atoms with van der Waals surface area (Å²) in [4.78, 5) is 40.9. The highest BCUT2D eigenvalue weighted by Gasteiger charge is 2.72. The van der Waals surface area contributed by atoms with E-state index in [0.29, 0.717) is 45.1 Å². The molecule has 8 rings (SSSR count). The second kappa shape index (κ2) is 19.4. The molecule has 21 nitrogen and oxygen atoms in total. The van der Waals surface area contributed by atoms with E-state index in [1.165, 1.54) is 5.57 Å². The summed E-state index contributed by atoms with van der Waals surface area (Å²) in [6.45, 7) is 12.2. The number of allylic oxidation sites excluding steroid dienone is 2. The number of fused-ring (bicyclic) bond motifs is 7. The standard InChI is InChI=1S/C49H78N2O19/c1-44(2)13-14-49(43(64)51-16-15-50)23(17-44)22-7-8-27-45(3)11-10-29(46(4,21-53)26(45)9-12-47(27,5)48(22,6)18-28(49)55)67-42-38(70-41-34(60)32(58)31(57)25(19-52)66-41)36(35(61)37(69-42)39(62)63)68-40-33(59)30(56)24(54)20-65-40/h7,21,23-38,40-42,52,54-61H,8-20,50H2,1-6H3,(H,51,64)(H,62,63)/t23-,24?,25?,26?,27?,28?,29?,30-,31?,32+,33+,34?,35+,36+,37?,38-,40+,41+,42?,45?,46-,47?,48?,49-/m1/s1. The molecule has 70 heavy (non-hydrogen) atoms. The smallest absolute Gasteiger partial charge is 0.335 e. The first-order chi connectivity index (χ1) is 32.8. The molecule has 13 N–H and O–H groups in total. The van der Waals surface area contributed by atoms with Gasteiger partial charge in [-0.25, -0.2) is 4.79 Å². The number of rotatable bonds is 12. The highest BCUT2D eigenvalue weighted by molar-refractivity contribution is 5.85. The van der Waals surface area contributed by atoms with E-state index < -0.39 is 139 Å². The molecule has 5 aliphatic carbocycles. The Labute approximate surface area is 408 Å². The number of aldehydes is 1. The molecular formula is C49H78N2O19. The van der Waals surface area contributed by atoms with Crippen LogP contribution in [-0.4, -0.2) is 194 Å². The van der Waals surface area contributed by atoms with Gasteiger partial charge in [0.2, 0.25) is 5.91 Å². The lowest BCUT2D eigenvalue weighted by molar-refractivity contribution is -0.391. The molecular weight excluding hydrogens is 921 g/mol. The largest absolute Gasteiger partial charge is 0.479 e. The van der Waals surface area contributed by atoms with Gasteiger partial charge in [-0.1, -0.05) is 53.2 Å². The first-order valence-electron chi connectivity index (χ1n) is 25.1. The van der Waals surface area contributed by atoms with Gasteiger partial charge in [0.15, 0.2) is 25.0 Å². The van der Waals surface area contributed by atoms with E-state index in [1.807, 2.05) is 0 Å². The number of hydrogen-bond acceptors (Lipinski definition) is 19. The van der Waals surface area contributed by atoms with Crippen molar-refractivity contribution in [2.24, 2.45) is 56.0 Å². The van der Waals surface area contributed by atoms with Gasteiger partial charge >= 0.3 is 5.97 Å². The molecule has 8 aliphatic rings. The van der Waals surface area contributed by atoms with Crippen molar-refractivity contribution in [3.63, 3.8) is 0 Å². The molecule has 0 spiro atoms. The number of nitrogens with two attached hydrogens (primary N) is 1. The third kappa shape index (κ3) is 8.43. The molecule has 3 heterocycles. The molecule has 0 radical (unpaired) electrons. The van der Waals surface area contributed by atoms with Crippen molar-refractivity contribution >= 4 is 18.2 Å². The molecule has 0 aromatic heterocycles. The number of amides is 1. The van der Waals surface area contributed by atoms with E-state index in [9.17, 15) is 65.4 Å². The maximum atomic E-state index is 14.2. The summed E-state index contributed by atoms with van der Waals surface area (Å²) in [5.41, 5.74) is 3.30. The molecule has 4 saturated carbocycles. The zero-order valence-electron chi connectivity index (χ0n) is 41.0. The summed E-state index contributed by atoms with van der Waals surface area (Å²) < 4.78 is 36.0. The van der Waals surface area contributed by atoms with Crippen LogP contribution in [0.5, 0.6) is 0 Å². The predicted molar refractivity (Wildman–Crippen MR) is 241 cm³/mol. The second-order valence-corrected chi connectivity index (χ2v) is 23.6. The SMILES string of the molecule is CC1(C)CC[C@]2(C(=O)NCCN)C(O)CC3(C)C(=CCC4C5(C)CCC(OC6OC(C(=O)O)[C@@H](O)[C@H](O[C@@H]7OCC(O)[C@@H](O)[C@@H]7O)[C@H]6O[C@@H]6OC(CO)C(O)[C@H](O)C6O)[C@](C)(C=O)C5CCC43C)[C@H]2C1. The first kappa shape index (κ1) is 54.0. The van der Waals surface area contributed by atoms with Crippen molar-refractivity contribution in [2.75, 3.05) is 26.3 Å². The Hall–Kier alpha value is -2.29. The zero-order valence-corrected chi connectivity index (χ0v) is 41.0.